The summed E-state index contributed by atoms with van der Waals surface area (Å²) < 4.78 is 34.7. The van der Waals surface area contributed by atoms with Crippen molar-refractivity contribution < 1.29 is 23.1 Å². The fraction of sp³-hybridized carbons (Fsp3) is 0.391. The minimum Gasteiger partial charge on any atom is -0.487 e. The molecule has 3 N–H and O–H groups in total. The first-order valence-electron chi connectivity index (χ1n) is 11.3. The summed E-state index contributed by atoms with van der Waals surface area (Å²) in [5.74, 6) is -4.01. The van der Waals surface area contributed by atoms with Crippen LogP contribution < -0.4 is 15.8 Å². The summed E-state index contributed by atoms with van der Waals surface area (Å²) in [4.78, 5) is 30.3. The number of nitrogens with two attached hydrogens (primary N) is 1. The summed E-state index contributed by atoms with van der Waals surface area (Å²) in [5.41, 5.74) is 6.88. The van der Waals surface area contributed by atoms with Gasteiger partial charge in [-0.2, -0.15) is 5.26 Å². The van der Waals surface area contributed by atoms with Crippen LogP contribution in [0.2, 0.25) is 0 Å². The molecule has 4 rings (SSSR count). The van der Waals surface area contributed by atoms with E-state index >= 15 is 0 Å². The van der Waals surface area contributed by atoms with Crippen LogP contribution in [0.3, 0.4) is 0 Å². The van der Waals surface area contributed by atoms with E-state index in [4.69, 9.17) is 15.7 Å². The molecule has 1 aliphatic heterocycles. The Labute approximate surface area is 204 Å². The molecule has 1 aliphatic rings. The summed E-state index contributed by atoms with van der Waals surface area (Å²) in [6.45, 7) is -0.00356. The van der Waals surface area contributed by atoms with Gasteiger partial charge >= 0.3 is 0 Å². The van der Waals surface area contributed by atoms with E-state index in [-0.39, 0.29) is 12.2 Å². The minimum absolute atomic E-state index is 0.158. The average molecular weight is 498 g/mol. The van der Waals surface area contributed by atoms with Gasteiger partial charge in [0.15, 0.2) is 0 Å². The number of likely N-dealkylation sites (tertiary alicyclic amines) is 1. The number of nitriles is 1. The van der Waals surface area contributed by atoms with Crippen LogP contribution in [0.1, 0.15) is 28.9 Å². The summed E-state index contributed by atoms with van der Waals surface area (Å²) in [5, 5.41) is 20.1. The van der Waals surface area contributed by atoms with Gasteiger partial charge in [0.2, 0.25) is 5.91 Å². The van der Waals surface area contributed by atoms with E-state index in [0.717, 1.165) is 11.3 Å². The largest absolute Gasteiger partial charge is 0.487 e. The lowest BCUT2D eigenvalue weighted by Gasteiger charge is -2.19. The number of amides is 2. The molecule has 36 heavy (non-hydrogen) atoms. The molecule has 2 aromatic heterocycles. The van der Waals surface area contributed by atoms with Gasteiger partial charge in [0.1, 0.15) is 24.1 Å². The molecule has 188 valence electrons. The summed E-state index contributed by atoms with van der Waals surface area (Å²) >= 11 is 0. The van der Waals surface area contributed by atoms with Gasteiger partial charge in [-0.1, -0.05) is 5.21 Å². The molecule has 1 fully saturated rings. The van der Waals surface area contributed by atoms with Crippen LogP contribution in [-0.4, -0.2) is 68.3 Å². The molecular weight excluding hydrogens is 474 g/mol. The second-order valence-electron chi connectivity index (χ2n) is 8.35. The molecule has 0 spiro atoms. The highest BCUT2D eigenvalue weighted by Crippen LogP contribution is 2.31. The Kier molecular flexibility index (Phi) is 7.35. The molecule has 0 saturated carbocycles. The normalized spacial score (nSPS) is 16.6. The smallest absolute Gasteiger partial charge is 0.268 e. The number of halogens is 2. The van der Waals surface area contributed by atoms with E-state index in [2.05, 4.69) is 20.6 Å². The topological polar surface area (TPSA) is 152 Å². The number of nitrogens with one attached hydrogen (secondary N) is 1. The number of hydrogen-bond acceptors (Lipinski definition) is 8. The fourth-order valence-corrected chi connectivity index (χ4v) is 3.88. The lowest BCUT2D eigenvalue weighted by Crippen LogP contribution is -2.43. The van der Waals surface area contributed by atoms with E-state index in [1.807, 2.05) is 0 Å². The first-order valence-corrected chi connectivity index (χ1v) is 11.3. The van der Waals surface area contributed by atoms with Gasteiger partial charge in [-0.15, -0.1) is 5.10 Å². The Morgan fingerprint density at radius 3 is 2.94 bits per heavy atom. The fourth-order valence-electron chi connectivity index (χ4n) is 3.88. The van der Waals surface area contributed by atoms with Crippen LogP contribution in [0.5, 0.6) is 5.75 Å². The molecule has 11 nitrogen and oxygen atoms in total. The highest BCUT2D eigenvalue weighted by Gasteiger charge is 2.47. The molecule has 0 bridgehead atoms. The molecule has 0 radical (unpaired) electrons. The zero-order valence-corrected chi connectivity index (χ0v) is 19.2. The molecule has 0 aliphatic carbocycles. The van der Waals surface area contributed by atoms with Crippen LogP contribution in [0.15, 0.2) is 36.7 Å². The zero-order chi connectivity index (χ0) is 25.7. The van der Waals surface area contributed by atoms with Gasteiger partial charge < -0.3 is 20.7 Å². The van der Waals surface area contributed by atoms with Crippen molar-refractivity contribution in [2.24, 2.45) is 5.73 Å². The lowest BCUT2D eigenvalue weighted by atomic mass is 10.1. The molecule has 3 heterocycles. The number of pyridine rings is 1. The maximum atomic E-state index is 13.6. The molecule has 1 aromatic carbocycles. The standard InChI is InChI=1S/C23H24F2N8O3/c24-23(25)9-16(10-27)33(14-23)21(34)11-29-22(35)18-4-6-28-20-3-2-17(8-19(18)20)36-13-15-12-32(31-30-15)7-1-5-26/h2-4,6,8,12,16H,1,5,7,9,11,13-14,26H2,(H,29,35)/t16-/m0/s1. The van der Waals surface area contributed by atoms with Crippen LogP contribution in [0.25, 0.3) is 10.9 Å². The molecule has 1 saturated heterocycles. The molecule has 0 unspecified atom stereocenters. The Morgan fingerprint density at radius 1 is 1.33 bits per heavy atom. The monoisotopic (exact) mass is 498 g/mol. The van der Waals surface area contributed by atoms with Crippen molar-refractivity contribution in [3.8, 4) is 11.8 Å². The quantitative estimate of drug-likeness (QED) is 0.447. The van der Waals surface area contributed by atoms with Crippen molar-refractivity contribution in [2.45, 2.75) is 38.0 Å². The Bertz CT molecular complexity index is 1310. The third kappa shape index (κ3) is 5.72. The Morgan fingerprint density at radius 2 is 2.17 bits per heavy atom. The Hall–Kier alpha value is -4.18. The molecule has 1 atom stereocenters. The van der Waals surface area contributed by atoms with Gasteiger partial charge in [0.25, 0.3) is 11.8 Å². The number of carbonyl (C=O) groups is 2. The van der Waals surface area contributed by atoms with E-state index in [9.17, 15) is 18.4 Å². The minimum atomic E-state index is -3.13. The van der Waals surface area contributed by atoms with Crippen molar-refractivity contribution in [1.29, 1.82) is 5.26 Å². The number of fused-ring (bicyclic) bond motifs is 1. The second-order valence-corrected chi connectivity index (χ2v) is 8.35. The lowest BCUT2D eigenvalue weighted by molar-refractivity contribution is -0.131. The first kappa shape index (κ1) is 24.9. The number of ether oxygens (including phenoxy) is 1. The predicted octanol–water partition coefficient (Wildman–Crippen LogP) is 1.24. The zero-order valence-electron chi connectivity index (χ0n) is 19.2. The third-order valence-electron chi connectivity index (χ3n) is 5.66. The van der Waals surface area contributed by atoms with Crippen molar-refractivity contribution in [3.05, 3.63) is 47.9 Å². The molecule has 3 aromatic rings. The van der Waals surface area contributed by atoms with Crippen LogP contribution in [0, 0.1) is 11.3 Å². The average Bonchev–Trinajstić information content (AvgIpc) is 3.46. The van der Waals surface area contributed by atoms with E-state index in [1.54, 1.807) is 35.1 Å². The number of carbonyl (C=O) groups excluding carboxylic acids is 2. The highest BCUT2D eigenvalue weighted by molar-refractivity contribution is 6.07. The van der Waals surface area contributed by atoms with E-state index in [1.165, 1.54) is 12.3 Å². The van der Waals surface area contributed by atoms with Gasteiger partial charge in [0.05, 0.1) is 36.4 Å². The van der Waals surface area contributed by atoms with Crippen molar-refractivity contribution >= 4 is 22.7 Å². The van der Waals surface area contributed by atoms with Gasteiger partial charge in [-0.05, 0) is 37.2 Å². The number of aryl methyl sites for hydroxylation is 1. The number of benzene rings is 1. The van der Waals surface area contributed by atoms with Crippen molar-refractivity contribution in [1.82, 2.24) is 30.2 Å². The van der Waals surface area contributed by atoms with E-state index < -0.39 is 43.3 Å². The summed E-state index contributed by atoms with van der Waals surface area (Å²) in [6, 6.07) is 7.00. The van der Waals surface area contributed by atoms with Crippen LogP contribution >= 0.6 is 0 Å². The van der Waals surface area contributed by atoms with Crippen LogP contribution in [0.4, 0.5) is 8.78 Å². The number of aromatic nitrogens is 4. The highest BCUT2D eigenvalue weighted by atomic mass is 19.3. The molecule has 13 heteroatoms. The number of alkyl halides is 2. The van der Waals surface area contributed by atoms with Crippen molar-refractivity contribution in [2.75, 3.05) is 19.6 Å². The Balaban J connectivity index is 1.42. The van der Waals surface area contributed by atoms with Crippen molar-refractivity contribution in [3.63, 3.8) is 0 Å². The second kappa shape index (κ2) is 10.6. The summed E-state index contributed by atoms with van der Waals surface area (Å²) in [6.07, 6.45) is 3.28. The van der Waals surface area contributed by atoms with Crippen LogP contribution in [-0.2, 0) is 17.9 Å². The number of hydrogen-bond donors (Lipinski definition) is 2. The van der Waals surface area contributed by atoms with Gasteiger partial charge in [-0.25, -0.2) is 8.78 Å². The van der Waals surface area contributed by atoms with Gasteiger partial charge in [0, 0.05) is 24.5 Å². The number of nitrogens with zero attached hydrogens (tertiary/aromatic N) is 6. The molecular formula is C23H24F2N8O3. The third-order valence-corrected chi connectivity index (χ3v) is 5.66. The van der Waals surface area contributed by atoms with E-state index in [0.29, 0.717) is 35.4 Å². The first-order chi connectivity index (χ1) is 17.3. The SMILES string of the molecule is N#C[C@@H]1CC(F)(F)CN1C(=O)CNC(=O)c1ccnc2ccc(OCc3cn(CCCN)nn3)cc12. The molecule has 2 amide bonds. The predicted molar refractivity (Wildman–Crippen MR) is 123 cm³/mol. The summed E-state index contributed by atoms with van der Waals surface area (Å²) in [7, 11) is 0. The maximum Gasteiger partial charge on any atom is 0.268 e. The van der Waals surface area contributed by atoms with Gasteiger partial charge in [-0.3, -0.25) is 19.3 Å². The maximum absolute atomic E-state index is 13.6. The number of rotatable bonds is 9.